The van der Waals surface area contributed by atoms with Gasteiger partial charge in [0.05, 0.1) is 17.9 Å². The first-order chi connectivity index (χ1) is 12.3. The van der Waals surface area contributed by atoms with Gasteiger partial charge in [-0.2, -0.15) is 5.10 Å². The zero-order valence-electron chi connectivity index (χ0n) is 15.9. The van der Waals surface area contributed by atoms with E-state index >= 15 is 0 Å². The number of rotatable bonds is 4. The number of anilines is 1. The van der Waals surface area contributed by atoms with Gasteiger partial charge in [-0.3, -0.25) is 9.89 Å². The molecular formula is C18H27N7O. The van der Waals surface area contributed by atoms with Crippen molar-refractivity contribution in [2.24, 2.45) is 0 Å². The van der Waals surface area contributed by atoms with Gasteiger partial charge in [-0.05, 0) is 18.2 Å². The molecule has 2 aromatic rings. The number of H-pyrrole nitrogens is 1. The highest BCUT2D eigenvalue weighted by Crippen LogP contribution is 2.21. The van der Waals surface area contributed by atoms with E-state index in [0.717, 1.165) is 24.5 Å². The van der Waals surface area contributed by atoms with Crippen molar-refractivity contribution in [3.8, 4) is 0 Å². The summed E-state index contributed by atoms with van der Waals surface area (Å²) in [4.78, 5) is 16.2. The van der Waals surface area contributed by atoms with Crippen LogP contribution in [-0.4, -0.2) is 64.4 Å². The normalized spacial score (nSPS) is 15.2. The lowest BCUT2D eigenvalue weighted by Crippen LogP contribution is -2.46. The molecule has 3 heterocycles. The molecule has 3 rings (SSSR count). The lowest BCUT2D eigenvalue weighted by atomic mass is 9.92. The van der Waals surface area contributed by atoms with Crippen molar-refractivity contribution in [1.82, 2.24) is 30.6 Å². The molecule has 0 aromatic carbocycles. The second-order valence-electron chi connectivity index (χ2n) is 7.70. The monoisotopic (exact) mass is 357 g/mol. The Balaban J connectivity index is 1.64. The molecule has 2 N–H and O–H groups in total. The quantitative estimate of drug-likeness (QED) is 0.854. The number of amides is 1. The van der Waals surface area contributed by atoms with Crippen molar-refractivity contribution in [2.75, 3.05) is 38.1 Å². The number of aromatic nitrogens is 4. The third-order valence-corrected chi connectivity index (χ3v) is 4.47. The molecule has 0 spiro atoms. The summed E-state index contributed by atoms with van der Waals surface area (Å²) in [5, 5.41) is 19.1. The van der Waals surface area contributed by atoms with E-state index in [4.69, 9.17) is 0 Å². The number of nitrogens with one attached hydrogen (secondary N) is 2. The van der Waals surface area contributed by atoms with Gasteiger partial charge in [0.15, 0.2) is 11.5 Å². The van der Waals surface area contributed by atoms with Crippen molar-refractivity contribution in [3.05, 3.63) is 35.3 Å². The molecule has 140 valence electrons. The Hall–Kier alpha value is -2.48. The summed E-state index contributed by atoms with van der Waals surface area (Å²) >= 11 is 0. The van der Waals surface area contributed by atoms with Gasteiger partial charge in [-0.15, -0.1) is 10.2 Å². The van der Waals surface area contributed by atoms with E-state index in [0.29, 0.717) is 31.1 Å². The summed E-state index contributed by atoms with van der Waals surface area (Å²) in [5.74, 6) is 0.658. The predicted molar refractivity (Wildman–Crippen MR) is 100 cm³/mol. The van der Waals surface area contributed by atoms with Gasteiger partial charge < -0.3 is 15.1 Å². The number of nitrogens with zero attached hydrogens (tertiary/aromatic N) is 5. The summed E-state index contributed by atoms with van der Waals surface area (Å²) in [6.45, 7) is 10.1. The Labute approximate surface area is 154 Å². The first kappa shape index (κ1) is 18.3. The fourth-order valence-electron chi connectivity index (χ4n) is 2.84. The molecule has 0 bridgehead atoms. The fourth-order valence-corrected chi connectivity index (χ4v) is 2.84. The van der Waals surface area contributed by atoms with E-state index in [1.54, 1.807) is 6.07 Å². The molecule has 1 aliphatic rings. The van der Waals surface area contributed by atoms with Crippen molar-refractivity contribution >= 4 is 11.7 Å². The van der Waals surface area contributed by atoms with Gasteiger partial charge in [0.2, 0.25) is 0 Å². The lowest BCUT2D eigenvalue weighted by Gasteiger charge is -2.27. The van der Waals surface area contributed by atoms with E-state index in [1.807, 2.05) is 22.9 Å². The maximum Gasteiger partial charge on any atom is 0.274 e. The second-order valence-corrected chi connectivity index (χ2v) is 7.70. The van der Waals surface area contributed by atoms with Crippen LogP contribution in [0.2, 0.25) is 0 Å². The summed E-state index contributed by atoms with van der Waals surface area (Å²) < 4.78 is 0. The zero-order chi connectivity index (χ0) is 18.7. The standard InChI is InChI=1S/C18H27N7O/c1-18(2,3)15-11-13(20-22-15)12-24(4)16-6-5-14(21-23-16)17(26)25-9-7-19-8-10-25/h5-6,11,19H,7-10,12H2,1-4H3,(H,20,22). The van der Waals surface area contributed by atoms with E-state index < -0.39 is 0 Å². The highest BCUT2D eigenvalue weighted by molar-refractivity contribution is 5.92. The Kier molecular flexibility index (Phi) is 5.22. The van der Waals surface area contributed by atoms with Crippen LogP contribution in [0.4, 0.5) is 5.82 Å². The molecule has 0 aliphatic carbocycles. The summed E-state index contributed by atoms with van der Waals surface area (Å²) in [5.41, 5.74) is 2.45. The number of carbonyl (C=O) groups is 1. The summed E-state index contributed by atoms with van der Waals surface area (Å²) in [6.07, 6.45) is 0. The van der Waals surface area contributed by atoms with E-state index in [1.165, 1.54) is 0 Å². The van der Waals surface area contributed by atoms with Gasteiger partial charge in [-0.1, -0.05) is 20.8 Å². The first-order valence-corrected chi connectivity index (χ1v) is 8.94. The van der Waals surface area contributed by atoms with Crippen LogP contribution in [0.5, 0.6) is 0 Å². The van der Waals surface area contributed by atoms with Gasteiger partial charge in [0.1, 0.15) is 0 Å². The molecule has 2 aromatic heterocycles. The molecule has 0 unspecified atom stereocenters. The average Bonchev–Trinajstić information content (AvgIpc) is 3.11. The van der Waals surface area contributed by atoms with Crippen LogP contribution in [0.3, 0.4) is 0 Å². The van der Waals surface area contributed by atoms with Crippen LogP contribution in [0.1, 0.15) is 42.6 Å². The average molecular weight is 357 g/mol. The Morgan fingerprint density at radius 3 is 2.54 bits per heavy atom. The highest BCUT2D eigenvalue weighted by Gasteiger charge is 2.20. The SMILES string of the molecule is CN(Cc1cc(C(C)(C)C)n[nH]1)c1ccc(C(=O)N2CCNCC2)nn1. The third kappa shape index (κ3) is 4.19. The van der Waals surface area contributed by atoms with Gasteiger partial charge in [0.25, 0.3) is 5.91 Å². The first-order valence-electron chi connectivity index (χ1n) is 8.94. The number of hydrogen-bond acceptors (Lipinski definition) is 6. The summed E-state index contributed by atoms with van der Waals surface area (Å²) in [6, 6.07) is 5.66. The lowest BCUT2D eigenvalue weighted by molar-refractivity contribution is 0.0728. The van der Waals surface area contributed by atoms with Crippen LogP contribution in [0, 0.1) is 0 Å². The van der Waals surface area contributed by atoms with Crippen LogP contribution >= 0.6 is 0 Å². The van der Waals surface area contributed by atoms with Crippen molar-refractivity contribution in [1.29, 1.82) is 0 Å². The Morgan fingerprint density at radius 2 is 1.96 bits per heavy atom. The van der Waals surface area contributed by atoms with Gasteiger partial charge >= 0.3 is 0 Å². The minimum absolute atomic E-state index is 0.0130. The number of piperazine rings is 1. The molecule has 8 nitrogen and oxygen atoms in total. The van der Waals surface area contributed by atoms with Crippen LogP contribution in [0.25, 0.3) is 0 Å². The predicted octanol–water partition coefficient (Wildman–Crippen LogP) is 1.18. The van der Waals surface area contributed by atoms with Crippen molar-refractivity contribution < 1.29 is 4.79 Å². The Bertz CT molecular complexity index is 742. The Morgan fingerprint density at radius 1 is 1.23 bits per heavy atom. The second kappa shape index (κ2) is 7.41. The smallest absolute Gasteiger partial charge is 0.274 e. The third-order valence-electron chi connectivity index (χ3n) is 4.47. The van der Waals surface area contributed by atoms with Crippen LogP contribution < -0.4 is 10.2 Å². The fraction of sp³-hybridized carbons (Fsp3) is 0.556. The van der Waals surface area contributed by atoms with Crippen molar-refractivity contribution in [2.45, 2.75) is 32.7 Å². The molecule has 0 atom stereocenters. The number of carbonyl (C=O) groups excluding carboxylic acids is 1. The summed E-state index contributed by atoms with van der Waals surface area (Å²) in [7, 11) is 1.94. The minimum Gasteiger partial charge on any atom is -0.352 e. The van der Waals surface area contributed by atoms with Gasteiger partial charge in [0, 0.05) is 38.6 Å². The maximum absolute atomic E-state index is 12.4. The molecule has 1 amide bonds. The molecule has 0 radical (unpaired) electrons. The van der Waals surface area contributed by atoms with Crippen LogP contribution in [-0.2, 0) is 12.0 Å². The molecule has 0 saturated carbocycles. The van der Waals surface area contributed by atoms with Crippen LogP contribution in [0.15, 0.2) is 18.2 Å². The van der Waals surface area contributed by atoms with E-state index in [9.17, 15) is 4.79 Å². The molecule has 1 saturated heterocycles. The highest BCUT2D eigenvalue weighted by atomic mass is 16.2. The number of aromatic amines is 1. The van der Waals surface area contributed by atoms with E-state index in [2.05, 4.69) is 52.5 Å². The molecule has 26 heavy (non-hydrogen) atoms. The largest absolute Gasteiger partial charge is 0.352 e. The maximum atomic E-state index is 12.4. The van der Waals surface area contributed by atoms with Crippen molar-refractivity contribution in [3.63, 3.8) is 0 Å². The number of hydrogen-bond donors (Lipinski definition) is 2. The minimum atomic E-state index is -0.0587. The molecule has 1 aliphatic heterocycles. The molecule has 1 fully saturated rings. The molecule has 8 heteroatoms. The van der Waals surface area contributed by atoms with E-state index in [-0.39, 0.29) is 11.3 Å². The van der Waals surface area contributed by atoms with Gasteiger partial charge in [-0.25, -0.2) is 0 Å². The topological polar surface area (TPSA) is 90.0 Å². The molecular weight excluding hydrogens is 330 g/mol. The zero-order valence-corrected chi connectivity index (χ0v) is 15.9.